The highest BCUT2D eigenvalue weighted by molar-refractivity contribution is 5.94. The van der Waals surface area contributed by atoms with Gasteiger partial charge < -0.3 is 14.2 Å². The molecule has 0 saturated heterocycles. The van der Waals surface area contributed by atoms with E-state index in [0.717, 1.165) is 24.2 Å². The van der Waals surface area contributed by atoms with Crippen LogP contribution in [-0.4, -0.2) is 47.4 Å². The molecule has 7 nitrogen and oxygen atoms in total. The van der Waals surface area contributed by atoms with E-state index in [2.05, 4.69) is 6.92 Å². The summed E-state index contributed by atoms with van der Waals surface area (Å²) < 4.78 is 15.7. The van der Waals surface area contributed by atoms with E-state index < -0.39 is 35.4 Å². The molecule has 0 aliphatic heterocycles. The number of hydrogen-bond donors (Lipinski definition) is 0. The van der Waals surface area contributed by atoms with Gasteiger partial charge in [0, 0.05) is 0 Å². The molecule has 0 unspecified atom stereocenters. The fourth-order valence-electron chi connectivity index (χ4n) is 3.17. The number of hydrogen-bond acceptors (Lipinski definition) is 6. The molecular weight excluding hydrogens is 398 g/mol. The zero-order chi connectivity index (χ0) is 24.2. The minimum absolute atomic E-state index is 0.114. The summed E-state index contributed by atoms with van der Waals surface area (Å²) in [5, 5.41) is 0. The van der Waals surface area contributed by atoms with Crippen LogP contribution in [0.3, 0.4) is 0 Å². The van der Waals surface area contributed by atoms with Crippen LogP contribution in [-0.2, 0) is 19.0 Å². The van der Waals surface area contributed by atoms with Gasteiger partial charge in [-0.3, -0.25) is 0 Å². The Bertz CT molecular complexity index is 533. The number of esters is 1. The first-order valence-corrected chi connectivity index (χ1v) is 11.5. The molecule has 0 aliphatic rings. The Morgan fingerprint density at radius 1 is 0.806 bits per heavy atom. The number of ether oxygens (including phenoxy) is 3. The molecule has 0 spiro atoms. The van der Waals surface area contributed by atoms with Crippen LogP contribution in [0.4, 0.5) is 9.59 Å². The number of nitrogens with zero attached hydrogens (tertiary/aromatic N) is 1. The molecule has 0 aromatic carbocycles. The smallest absolute Gasteiger partial charge is 0.420 e. The van der Waals surface area contributed by atoms with Gasteiger partial charge in [0.25, 0.3) is 0 Å². The van der Waals surface area contributed by atoms with Gasteiger partial charge in [-0.2, -0.15) is 4.90 Å². The largest absolute Gasteiger partial charge is 0.467 e. The molecule has 31 heavy (non-hydrogen) atoms. The zero-order valence-electron chi connectivity index (χ0n) is 21.2. The van der Waals surface area contributed by atoms with Crippen LogP contribution >= 0.6 is 0 Å². The first-order chi connectivity index (χ1) is 14.2. The molecule has 0 heterocycles. The second-order valence-corrected chi connectivity index (χ2v) is 10.3. The summed E-state index contributed by atoms with van der Waals surface area (Å²) in [7, 11) is 1.25. The third-order valence-corrected chi connectivity index (χ3v) is 4.64. The number of carbonyl (C=O) groups excluding carboxylic acids is 3. The van der Waals surface area contributed by atoms with Gasteiger partial charge in [0.1, 0.15) is 17.2 Å². The lowest BCUT2D eigenvalue weighted by Gasteiger charge is -2.33. The average Bonchev–Trinajstić information content (AvgIpc) is 2.60. The Hall–Kier alpha value is -1.79. The Labute approximate surface area is 189 Å². The van der Waals surface area contributed by atoms with Gasteiger partial charge in [0.15, 0.2) is 0 Å². The maximum atomic E-state index is 12.9. The van der Waals surface area contributed by atoms with E-state index in [1.807, 2.05) is 6.92 Å². The van der Waals surface area contributed by atoms with Crippen LogP contribution < -0.4 is 0 Å². The highest BCUT2D eigenvalue weighted by atomic mass is 16.6. The summed E-state index contributed by atoms with van der Waals surface area (Å²) in [6.45, 7) is 14.4. The Morgan fingerprint density at radius 3 is 1.68 bits per heavy atom. The predicted molar refractivity (Wildman–Crippen MR) is 122 cm³/mol. The van der Waals surface area contributed by atoms with Crippen molar-refractivity contribution in [3.05, 3.63) is 0 Å². The number of carbonyl (C=O) groups is 3. The van der Waals surface area contributed by atoms with Gasteiger partial charge in [-0.25, -0.2) is 14.4 Å². The molecule has 0 saturated carbocycles. The van der Waals surface area contributed by atoms with Gasteiger partial charge in [0.05, 0.1) is 7.11 Å². The van der Waals surface area contributed by atoms with Crippen molar-refractivity contribution in [2.24, 2.45) is 5.92 Å². The van der Waals surface area contributed by atoms with Gasteiger partial charge in [-0.05, 0) is 53.9 Å². The molecule has 0 rings (SSSR count). The van der Waals surface area contributed by atoms with Crippen LogP contribution in [0.15, 0.2) is 0 Å². The van der Waals surface area contributed by atoms with E-state index in [0.29, 0.717) is 6.42 Å². The maximum absolute atomic E-state index is 12.9. The Balaban J connectivity index is 5.43. The zero-order valence-corrected chi connectivity index (χ0v) is 21.2. The SMILES string of the molecule is CCCCCCCC[C@@H](C)C[C@@H](C(=O)OC)N(C(=O)OC(C)(C)C)C(=O)OC(C)(C)C. The number of methoxy groups -OCH3 is 1. The molecule has 0 N–H and O–H groups in total. The number of unbranched alkanes of at least 4 members (excludes halogenated alkanes) is 5. The van der Waals surface area contributed by atoms with E-state index in [1.54, 1.807) is 41.5 Å². The first-order valence-electron chi connectivity index (χ1n) is 11.5. The van der Waals surface area contributed by atoms with E-state index in [1.165, 1.54) is 32.8 Å². The van der Waals surface area contributed by atoms with Gasteiger partial charge in [0.2, 0.25) is 0 Å². The molecule has 0 fully saturated rings. The van der Waals surface area contributed by atoms with E-state index >= 15 is 0 Å². The number of amides is 2. The third-order valence-electron chi connectivity index (χ3n) is 4.64. The quantitative estimate of drug-likeness (QED) is 0.206. The van der Waals surface area contributed by atoms with Gasteiger partial charge in [-0.1, -0.05) is 58.8 Å². The average molecular weight is 444 g/mol. The minimum atomic E-state index is -1.11. The number of rotatable bonds is 11. The first kappa shape index (κ1) is 29.2. The fraction of sp³-hybridized carbons (Fsp3) is 0.875. The molecule has 0 bridgehead atoms. The highest BCUT2D eigenvalue weighted by Gasteiger charge is 2.41. The molecule has 182 valence electrons. The van der Waals surface area contributed by atoms with Crippen LogP contribution in [0.1, 0.15) is 107 Å². The van der Waals surface area contributed by atoms with E-state index in [-0.39, 0.29) is 5.92 Å². The molecule has 0 aliphatic carbocycles. The second kappa shape index (κ2) is 13.6. The molecule has 0 aromatic heterocycles. The summed E-state index contributed by atoms with van der Waals surface area (Å²) in [6.07, 6.45) is 6.43. The Morgan fingerprint density at radius 2 is 1.26 bits per heavy atom. The lowest BCUT2D eigenvalue weighted by atomic mass is 9.94. The molecule has 2 atom stereocenters. The van der Waals surface area contributed by atoms with Crippen LogP contribution in [0.25, 0.3) is 0 Å². The van der Waals surface area contributed by atoms with E-state index in [4.69, 9.17) is 14.2 Å². The maximum Gasteiger partial charge on any atom is 0.420 e. The summed E-state index contributed by atoms with van der Waals surface area (Å²) >= 11 is 0. The predicted octanol–water partition coefficient (Wildman–Crippen LogP) is 6.48. The topological polar surface area (TPSA) is 82.1 Å². The third kappa shape index (κ3) is 13.3. The second-order valence-electron chi connectivity index (χ2n) is 10.3. The van der Waals surface area contributed by atoms with Crippen molar-refractivity contribution in [3.8, 4) is 0 Å². The van der Waals surface area contributed by atoms with Crippen molar-refractivity contribution in [2.75, 3.05) is 7.11 Å². The van der Waals surface area contributed by atoms with Crippen LogP contribution in [0.2, 0.25) is 0 Å². The highest BCUT2D eigenvalue weighted by Crippen LogP contribution is 2.24. The van der Waals surface area contributed by atoms with Crippen LogP contribution in [0, 0.1) is 5.92 Å². The lowest BCUT2D eigenvalue weighted by Crippen LogP contribution is -2.52. The van der Waals surface area contributed by atoms with Crippen LogP contribution in [0.5, 0.6) is 0 Å². The summed E-state index contributed by atoms with van der Waals surface area (Å²) in [6, 6.07) is -1.11. The van der Waals surface area contributed by atoms with Crippen molar-refractivity contribution in [1.29, 1.82) is 0 Å². The van der Waals surface area contributed by atoms with Crippen molar-refractivity contribution in [1.82, 2.24) is 4.90 Å². The van der Waals surface area contributed by atoms with Gasteiger partial charge in [-0.15, -0.1) is 0 Å². The monoisotopic (exact) mass is 443 g/mol. The molecule has 0 aromatic rings. The normalized spacial score (nSPS) is 13.8. The molecular formula is C24H45NO6. The molecule has 7 heteroatoms. The van der Waals surface area contributed by atoms with Crippen molar-refractivity contribution in [3.63, 3.8) is 0 Å². The Kier molecular flexibility index (Phi) is 12.8. The summed E-state index contributed by atoms with van der Waals surface area (Å²) in [5.41, 5.74) is -1.66. The molecule has 2 amide bonds. The minimum Gasteiger partial charge on any atom is -0.467 e. The van der Waals surface area contributed by atoms with Crippen molar-refractivity contribution < 1.29 is 28.6 Å². The fourth-order valence-corrected chi connectivity index (χ4v) is 3.17. The van der Waals surface area contributed by atoms with Gasteiger partial charge >= 0.3 is 18.2 Å². The summed E-state index contributed by atoms with van der Waals surface area (Å²) in [4.78, 5) is 39.1. The lowest BCUT2D eigenvalue weighted by molar-refractivity contribution is -0.147. The summed E-state index contributed by atoms with van der Waals surface area (Å²) in [5.74, 6) is -0.547. The molecule has 0 radical (unpaired) electrons. The van der Waals surface area contributed by atoms with E-state index in [9.17, 15) is 14.4 Å². The standard InChI is InChI=1S/C24H45NO6/c1-10-11-12-13-14-15-16-18(2)17-19(20(26)29-9)25(21(27)30-23(3,4)5)22(28)31-24(6,7)8/h18-19H,10-17H2,1-9H3/t18-,19+/m1/s1. The van der Waals surface area contributed by atoms with Crippen molar-refractivity contribution >= 4 is 18.2 Å². The number of imide groups is 1. The van der Waals surface area contributed by atoms with Crippen molar-refractivity contribution in [2.45, 2.75) is 124 Å².